The van der Waals surface area contributed by atoms with Gasteiger partial charge in [-0.25, -0.2) is 5.01 Å². The van der Waals surface area contributed by atoms with Crippen LogP contribution in [0.5, 0.6) is 5.75 Å². The third kappa shape index (κ3) is 2.41. The fourth-order valence-electron chi connectivity index (χ4n) is 4.39. The number of rotatable bonds is 1. The first-order valence-electron chi connectivity index (χ1n) is 8.89. The molecule has 0 aliphatic carbocycles. The molecule has 1 aromatic carbocycles. The Morgan fingerprint density at radius 2 is 2.08 bits per heavy atom. The molecule has 4 heterocycles. The maximum atomic E-state index is 6.62. The molecule has 130 valence electrons. The second-order valence-electron chi connectivity index (χ2n) is 7.71. The molecule has 5 rings (SSSR count). The third-order valence-corrected chi connectivity index (χ3v) is 6.32. The van der Waals surface area contributed by atoms with Crippen LogP contribution in [-0.2, 0) is 4.74 Å². The van der Waals surface area contributed by atoms with E-state index in [1.807, 2.05) is 0 Å². The minimum atomic E-state index is -0.417. The molecule has 0 N–H and O–H groups in total. The number of thiophene rings is 1. The van der Waals surface area contributed by atoms with Crippen LogP contribution in [0.25, 0.3) is 0 Å². The van der Waals surface area contributed by atoms with Crippen molar-refractivity contribution < 1.29 is 9.47 Å². The van der Waals surface area contributed by atoms with Crippen molar-refractivity contribution in [2.75, 3.05) is 6.61 Å². The Labute approximate surface area is 152 Å². The standard InChI is InChI=1S/C20H22N2O2S/c1-19(2)13-20(9-10-23-19)22-16(14-6-3-4-7-17(14)24-20)12-15(21-22)18-8-5-11-25-18/h3-8,11,16H,9-10,12-13H2,1-2H3/t16-,20-/m0/s1. The fourth-order valence-corrected chi connectivity index (χ4v) is 5.12. The highest BCUT2D eigenvalue weighted by molar-refractivity contribution is 7.12. The average molecular weight is 354 g/mol. The molecule has 1 aromatic heterocycles. The molecule has 0 bridgehead atoms. The van der Waals surface area contributed by atoms with E-state index in [-0.39, 0.29) is 11.6 Å². The minimum Gasteiger partial charge on any atom is -0.466 e. The first-order valence-corrected chi connectivity index (χ1v) is 9.77. The normalized spacial score (nSPS) is 29.8. The van der Waals surface area contributed by atoms with Crippen LogP contribution in [0.2, 0.25) is 0 Å². The molecule has 0 radical (unpaired) electrons. The maximum Gasteiger partial charge on any atom is 0.203 e. The molecule has 0 unspecified atom stereocenters. The molecule has 2 atom stereocenters. The molecule has 5 heteroatoms. The zero-order chi connectivity index (χ0) is 17.1. The predicted molar refractivity (Wildman–Crippen MR) is 99.1 cm³/mol. The highest BCUT2D eigenvalue weighted by Crippen LogP contribution is 2.51. The van der Waals surface area contributed by atoms with Crippen LogP contribution in [0.4, 0.5) is 0 Å². The van der Waals surface area contributed by atoms with Crippen LogP contribution in [0, 0.1) is 0 Å². The van der Waals surface area contributed by atoms with E-state index >= 15 is 0 Å². The Morgan fingerprint density at radius 3 is 2.88 bits per heavy atom. The van der Waals surface area contributed by atoms with Gasteiger partial charge in [0.05, 0.1) is 28.8 Å². The first-order chi connectivity index (χ1) is 12.1. The highest BCUT2D eigenvalue weighted by atomic mass is 32.1. The third-order valence-electron chi connectivity index (χ3n) is 5.40. The number of fused-ring (bicyclic) bond motifs is 4. The van der Waals surface area contributed by atoms with Crippen LogP contribution >= 0.6 is 11.3 Å². The van der Waals surface area contributed by atoms with E-state index in [1.54, 1.807) is 11.3 Å². The summed E-state index contributed by atoms with van der Waals surface area (Å²) in [4.78, 5) is 1.26. The van der Waals surface area contributed by atoms with Crippen LogP contribution in [0.1, 0.15) is 49.6 Å². The summed E-state index contributed by atoms with van der Waals surface area (Å²) in [5.41, 5.74) is 1.78. The quantitative estimate of drug-likeness (QED) is 0.752. The molecule has 0 saturated carbocycles. The monoisotopic (exact) mass is 354 g/mol. The number of ether oxygens (including phenoxy) is 2. The smallest absolute Gasteiger partial charge is 0.203 e. The van der Waals surface area contributed by atoms with E-state index in [0.29, 0.717) is 6.61 Å². The van der Waals surface area contributed by atoms with Gasteiger partial charge in [0.25, 0.3) is 0 Å². The zero-order valence-corrected chi connectivity index (χ0v) is 15.4. The van der Waals surface area contributed by atoms with Gasteiger partial charge in [-0.05, 0) is 31.4 Å². The summed E-state index contributed by atoms with van der Waals surface area (Å²) in [6.07, 6.45) is 2.58. The van der Waals surface area contributed by atoms with Crippen molar-refractivity contribution in [1.82, 2.24) is 5.01 Å². The molecule has 2 aromatic rings. The topological polar surface area (TPSA) is 34.1 Å². The van der Waals surface area contributed by atoms with Gasteiger partial charge in [-0.1, -0.05) is 24.3 Å². The number of para-hydroxylation sites is 1. The van der Waals surface area contributed by atoms with Gasteiger partial charge in [0.1, 0.15) is 5.75 Å². The van der Waals surface area contributed by atoms with Crippen molar-refractivity contribution >= 4 is 17.0 Å². The second-order valence-corrected chi connectivity index (χ2v) is 8.66. The van der Waals surface area contributed by atoms with Gasteiger partial charge in [0, 0.05) is 24.8 Å². The molecule has 3 aliphatic heterocycles. The van der Waals surface area contributed by atoms with Gasteiger partial charge in [-0.2, -0.15) is 5.10 Å². The van der Waals surface area contributed by atoms with Gasteiger partial charge in [0.15, 0.2) is 0 Å². The lowest BCUT2D eigenvalue weighted by molar-refractivity contribution is -0.212. The molecule has 3 aliphatic rings. The summed E-state index contributed by atoms with van der Waals surface area (Å²) < 4.78 is 12.6. The van der Waals surface area contributed by atoms with Crippen LogP contribution < -0.4 is 4.74 Å². The van der Waals surface area contributed by atoms with Crippen molar-refractivity contribution in [3.05, 3.63) is 52.2 Å². The largest absolute Gasteiger partial charge is 0.466 e. The number of hydrogen-bond donors (Lipinski definition) is 0. The highest BCUT2D eigenvalue weighted by Gasteiger charge is 2.54. The van der Waals surface area contributed by atoms with Crippen molar-refractivity contribution in [1.29, 1.82) is 0 Å². The number of benzene rings is 1. The molecule has 4 nitrogen and oxygen atoms in total. The summed E-state index contributed by atoms with van der Waals surface area (Å²) >= 11 is 1.76. The average Bonchev–Trinajstić information content (AvgIpc) is 3.24. The van der Waals surface area contributed by atoms with E-state index < -0.39 is 5.72 Å². The second kappa shape index (κ2) is 5.32. The molecular weight excluding hydrogens is 332 g/mol. The zero-order valence-electron chi connectivity index (χ0n) is 14.6. The SMILES string of the molecule is CC1(C)C[C@]2(CCO1)Oc1ccccc1[C@@H]1CC(c3cccs3)=NN12. The molecule has 1 spiro atoms. The maximum absolute atomic E-state index is 6.62. The Morgan fingerprint density at radius 1 is 1.20 bits per heavy atom. The summed E-state index contributed by atoms with van der Waals surface area (Å²) in [7, 11) is 0. The Kier molecular flexibility index (Phi) is 3.28. The Bertz CT molecular complexity index is 830. The summed E-state index contributed by atoms with van der Waals surface area (Å²) in [6, 6.07) is 12.9. The van der Waals surface area contributed by atoms with Gasteiger partial charge >= 0.3 is 0 Å². The van der Waals surface area contributed by atoms with Gasteiger partial charge in [-0.15, -0.1) is 11.3 Å². The summed E-state index contributed by atoms with van der Waals surface area (Å²) in [5.74, 6) is 1.00. The van der Waals surface area contributed by atoms with Gasteiger partial charge in [-0.3, -0.25) is 0 Å². The molecular formula is C20H22N2O2S. The van der Waals surface area contributed by atoms with Crippen LogP contribution in [0.15, 0.2) is 46.9 Å². The van der Waals surface area contributed by atoms with Crippen molar-refractivity contribution in [3.8, 4) is 5.75 Å². The predicted octanol–water partition coefficient (Wildman–Crippen LogP) is 4.58. The van der Waals surface area contributed by atoms with E-state index in [0.717, 1.165) is 25.0 Å². The lowest BCUT2D eigenvalue weighted by Crippen LogP contribution is -2.60. The van der Waals surface area contributed by atoms with E-state index in [4.69, 9.17) is 14.6 Å². The molecule has 1 saturated heterocycles. The van der Waals surface area contributed by atoms with Crippen molar-refractivity contribution in [3.63, 3.8) is 0 Å². The van der Waals surface area contributed by atoms with Crippen molar-refractivity contribution in [2.24, 2.45) is 5.10 Å². The van der Waals surface area contributed by atoms with Crippen molar-refractivity contribution in [2.45, 2.75) is 50.5 Å². The minimum absolute atomic E-state index is 0.212. The lowest BCUT2D eigenvalue weighted by Gasteiger charge is -2.52. The lowest BCUT2D eigenvalue weighted by atomic mass is 9.86. The Balaban J connectivity index is 1.62. The van der Waals surface area contributed by atoms with Crippen LogP contribution in [-0.4, -0.2) is 28.7 Å². The molecule has 25 heavy (non-hydrogen) atoms. The van der Waals surface area contributed by atoms with Gasteiger partial charge < -0.3 is 9.47 Å². The first kappa shape index (κ1) is 15.4. The molecule has 1 fully saturated rings. The Hall–Kier alpha value is -1.85. The number of hydrogen-bond acceptors (Lipinski definition) is 5. The number of nitrogens with zero attached hydrogens (tertiary/aromatic N) is 2. The molecule has 0 amide bonds. The number of hydrazone groups is 1. The fraction of sp³-hybridized carbons (Fsp3) is 0.450. The van der Waals surface area contributed by atoms with E-state index in [1.165, 1.54) is 16.2 Å². The summed E-state index contributed by atoms with van der Waals surface area (Å²) in [6.45, 7) is 4.99. The van der Waals surface area contributed by atoms with Gasteiger partial charge in [0.2, 0.25) is 5.72 Å². The summed E-state index contributed by atoms with van der Waals surface area (Å²) in [5, 5.41) is 9.44. The van der Waals surface area contributed by atoms with Crippen LogP contribution in [0.3, 0.4) is 0 Å². The van der Waals surface area contributed by atoms with E-state index in [2.05, 4.69) is 60.6 Å². The van der Waals surface area contributed by atoms with E-state index in [9.17, 15) is 0 Å².